The molecule has 2 aromatic rings. The normalized spacial score (nSPS) is 11.1. The maximum absolute atomic E-state index is 12.8. The number of halogens is 4. The number of hydrogen-bond donors (Lipinski definition) is 2. The van der Waals surface area contributed by atoms with Crippen molar-refractivity contribution in [3.05, 3.63) is 62.7 Å². The Kier molecular flexibility index (Phi) is 5.17. The van der Waals surface area contributed by atoms with Crippen LogP contribution in [-0.4, -0.2) is 17.9 Å². The summed E-state index contributed by atoms with van der Waals surface area (Å²) in [6.07, 6.45) is -4.68. The number of amides is 1. The summed E-state index contributed by atoms with van der Waals surface area (Å²) in [5.74, 6) is -0.791. The van der Waals surface area contributed by atoms with Gasteiger partial charge in [-0.05, 0) is 30.3 Å². The Bertz CT molecular complexity index is 841. The average Bonchev–Trinajstić information content (AvgIpc) is 2.54. The molecule has 0 aliphatic heterocycles. The Labute approximate surface area is 144 Å². The molecule has 0 saturated heterocycles. The van der Waals surface area contributed by atoms with Crippen LogP contribution < -0.4 is 10.6 Å². The molecule has 0 heterocycles. The van der Waals surface area contributed by atoms with Crippen LogP contribution in [0.4, 0.5) is 30.2 Å². The number of carbonyl (C=O) groups excluding carboxylic acids is 1. The van der Waals surface area contributed by atoms with E-state index in [9.17, 15) is 28.1 Å². The first-order chi connectivity index (χ1) is 11.6. The summed E-state index contributed by atoms with van der Waals surface area (Å²) in [6.45, 7) is 0. The van der Waals surface area contributed by atoms with E-state index in [0.717, 1.165) is 12.1 Å². The second-order valence-corrected chi connectivity index (χ2v) is 5.29. The Balaban J connectivity index is 2.32. The van der Waals surface area contributed by atoms with E-state index in [0.29, 0.717) is 6.07 Å². The van der Waals surface area contributed by atoms with E-state index in [-0.39, 0.29) is 22.6 Å². The molecule has 0 fully saturated rings. The lowest BCUT2D eigenvalue weighted by molar-refractivity contribution is -0.384. The van der Waals surface area contributed by atoms with Gasteiger partial charge in [0, 0.05) is 24.4 Å². The van der Waals surface area contributed by atoms with Gasteiger partial charge in [-0.3, -0.25) is 14.9 Å². The maximum Gasteiger partial charge on any atom is 0.417 e. The molecule has 2 aromatic carbocycles. The van der Waals surface area contributed by atoms with Gasteiger partial charge < -0.3 is 10.6 Å². The number of nitrogens with zero attached hydrogens (tertiary/aromatic N) is 1. The second kappa shape index (κ2) is 6.98. The SMILES string of the molecule is CNc1ccc(C(=O)Nc2ccc(Cl)c(C(F)(F)F)c2)cc1[N+](=O)[O-]. The molecule has 0 aliphatic carbocycles. The minimum absolute atomic E-state index is 0.0748. The van der Waals surface area contributed by atoms with E-state index < -0.39 is 27.6 Å². The Morgan fingerprint density at radius 2 is 1.88 bits per heavy atom. The fourth-order valence-corrected chi connectivity index (χ4v) is 2.28. The molecule has 0 spiro atoms. The van der Waals surface area contributed by atoms with Crippen molar-refractivity contribution in [2.75, 3.05) is 17.7 Å². The molecule has 132 valence electrons. The highest BCUT2D eigenvalue weighted by Crippen LogP contribution is 2.36. The number of rotatable bonds is 4. The summed E-state index contributed by atoms with van der Waals surface area (Å²) < 4.78 is 38.5. The summed E-state index contributed by atoms with van der Waals surface area (Å²) in [4.78, 5) is 22.5. The molecular weight excluding hydrogens is 363 g/mol. The van der Waals surface area contributed by atoms with Crippen molar-refractivity contribution in [1.82, 2.24) is 0 Å². The number of nitrogens with one attached hydrogen (secondary N) is 2. The molecule has 25 heavy (non-hydrogen) atoms. The standard InChI is InChI=1S/C15H11ClF3N3O3/c1-20-12-5-2-8(6-13(12)22(24)25)14(23)21-9-3-4-11(16)10(7-9)15(17,18)19/h2-7,20H,1H3,(H,21,23). The number of carbonyl (C=O) groups is 1. The van der Waals surface area contributed by atoms with E-state index in [1.165, 1.54) is 25.2 Å². The smallest absolute Gasteiger partial charge is 0.383 e. The predicted molar refractivity (Wildman–Crippen MR) is 87.1 cm³/mol. The molecule has 0 bridgehead atoms. The number of hydrogen-bond acceptors (Lipinski definition) is 4. The summed E-state index contributed by atoms with van der Waals surface area (Å²) >= 11 is 5.51. The molecule has 10 heteroatoms. The van der Waals surface area contributed by atoms with Crippen molar-refractivity contribution in [3.63, 3.8) is 0 Å². The van der Waals surface area contributed by atoms with Crippen LogP contribution >= 0.6 is 11.6 Å². The van der Waals surface area contributed by atoms with Gasteiger partial charge in [-0.25, -0.2) is 0 Å². The van der Waals surface area contributed by atoms with Gasteiger partial charge in [0.25, 0.3) is 11.6 Å². The van der Waals surface area contributed by atoms with E-state index in [2.05, 4.69) is 10.6 Å². The first kappa shape index (κ1) is 18.5. The van der Waals surface area contributed by atoms with Crippen molar-refractivity contribution < 1.29 is 22.9 Å². The molecule has 0 aliphatic rings. The molecule has 2 N–H and O–H groups in total. The van der Waals surface area contributed by atoms with Crippen molar-refractivity contribution in [3.8, 4) is 0 Å². The van der Waals surface area contributed by atoms with Gasteiger partial charge in [-0.1, -0.05) is 11.6 Å². The van der Waals surface area contributed by atoms with Crippen LogP contribution in [0.15, 0.2) is 36.4 Å². The largest absolute Gasteiger partial charge is 0.417 e. The van der Waals surface area contributed by atoms with Crippen LogP contribution in [0.5, 0.6) is 0 Å². The van der Waals surface area contributed by atoms with E-state index in [4.69, 9.17) is 11.6 Å². The van der Waals surface area contributed by atoms with Gasteiger partial charge >= 0.3 is 6.18 Å². The lowest BCUT2D eigenvalue weighted by Gasteiger charge is -2.12. The molecule has 0 saturated carbocycles. The molecule has 0 radical (unpaired) electrons. The van der Waals surface area contributed by atoms with E-state index >= 15 is 0 Å². The van der Waals surface area contributed by atoms with Crippen molar-refractivity contribution in [1.29, 1.82) is 0 Å². The fourth-order valence-electron chi connectivity index (χ4n) is 2.06. The minimum atomic E-state index is -4.68. The maximum atomic E-state index is 12.8. The molecule has 1 amide bonds. The summed E-state index contributed by atoms with van der Waals surface area (Å²) in [5, 5.41) is 15.4. The van der Waals surface area contributed by atoms with Gasteiger partial charge in [-0.2, -0.15) is 13.2 Å². The van der Waals surface area contributed by atoms with Crippen molar-refractivity contribution in [2.24, 2.45) is 0 Å². The second-order valence-electron chi connectivity index (χ2n) is 4.89. The van der Waals surface area contributed by atoms with Crippen molar-refractivity contribution >= 4 is 34.6 Å². The molecule has 0 atom stereocenters. The lowest BCUT2D eigenvalue weighted by Crippen LogP contribution is -2.14. The first-order valence-electron chi connectivity index (χ1n) is 6.77. The number of benzene rings is 2. The topological polar surface area (TPSA) is 84.3 Å². The van der Waals surface area contributed by atoms with Gasteiger partial charge in [0.15, 0.2) is 0 Å². The van der Waals surface area contributed by atoms with Crippen LogP contribution in [0.25, 0.3) is 0 Å². The van der Waals surface area contributed by atoms with Gasteiger partial charge in [-0.15, -0.1) is 0 Å². The number of nitro groups is 1. The highest BCUT2D eigenvalue weighted by molar-refractivity contribution is 6.31. The van der Waals surface area contributed by atoms with Crippen LogP contribution in [0, 0.1) is 10.1 Å². The Hall–Kier alpha value is -2.81. The highest BCUT2D eigenvalue weighted by atomic mass is 35.5. The van der Waals surface area contributed by atoms with Gasteiger partial charge in [0.2, 0.25) is 0 Å². The van der Waals surface area contributed by atoms with Crippen LogP contribution in [0.3, 0.4) is 0 Å². The van der Waals surface area contributed by atoms with E-state index in [1.807, 2.05) is 0 Å². The molecule has 0 aromatic heterocycles. The van der Waals surface area contributed by atoms with Crippen molar-refractivity contribution in [2.45, 2.75) is 6.18 Å². The number of anilines is 2. The summed E-state index contributed by atoms with van der Waals surface area (Å²) in [5.41, 5.74) is -1.44. The Morgan fingerprint density at radius 1 is 1.20 bits per heavy atom. The fraction of sp³-hybridized carbons (Fsp3) is 0.133. The highest BCUT2D eigenvalue weighted by Gasteiger charge is 2.33. The zero-order valence-corrected chi connectivity index (χ0v) is 13.4. The van der Waals surface area contributed by atoms with Crippen LogP contribution in [0.1, 0.15) is 15.9 Å². The summed E-state index contributed by atoms with van der Waals surface area (Å²) in [7, 11) is 1.48. The predicted octanol–water partition coefficient (Wildman–Crippen LogP) is 4.56. The number of alkyl halides is 3. The van der Waals surface area contributed by atoms with Crippen LogP contribution in [0.2, 0.25) is 5.02 Å². The quantitative estimate of drug-likeness (QED) is 0.607. The van der Waals surface area contributed by atoms with Gasteiger partial charge in [0.05, 0.1) is 15.5 Å². The molecular formula is C15H11ClF3N3O3. The summed E-state index contributed by atoms with van der Waals surface area (Å²) in [6, 6.07) is 6.57. The van der Waals surface area contributed by atoms with Gasteiger partial charge in [0.1, 0.15) is 5.69 Å². The number of nitro benzene ring substituents is 1. The monoisotopic (exact) mass is 373 g/mol. The Morgan fingerprint density at radius 3 is 2.44 bits per heavy atom. The third kappa shape index (κ3) is 4.18. The van der Waals surface area contributed by atoms with Crippen LogP contribution in [-0.2, 0) is 6.18 Å². The first-order valence-corrected chi connectivity index (χ1v) is 7.15. The molecule has 0 unspecified atom stereocenters. The minimum Gasteiger partial charge on any atom is -0.383 e. The van der Waals surface area contributed by atoms with E-state index in [1.54, 1.807) is 0 Å². The third-order valence-corrected chi connectivity index (χ3v) is 3.59. The zero-order chi connectivity index (χ0) is 18.8. The molecule has 2 rings (SSSR count). The lowest BCUT2D eigenvalue weighted by atomic mass is 10.1. The average molecular weight is 374 g/mol. The third-order valence-electron chi connectivity index (χ3n) is 3.26. The molecule has 6 nitrogen and oxygen atoms in total. The zero-order valence-electron chi connectivity index (χ0n) is 12.6.